The maximum atomic E-state index is 12.5. The third-order valence-electron chi connectivity index (χ3n) is 4.48. The van der Waals surface area contributed by atoms with Gasteiger partial charge in [0.2, 0.25) is 5.91 Å². The molecule has 104 valence electrons. The van der Waals surface area contributed by atoms with Gasteiger partial charge >= 0.3 is 0 Å². The van der Waals surface area contributed by atoms with Crippen LogP contribution in [-0.2, 0) is 4.79 Å². The van der Waals surface area contributed by atoms with Crippen LogP contribution in [0, 0.1) is 11.8 Å². The molecule has 2 N–H and O–H groups in total. The molecule has 2 rings (SSSR count). The number of nitrogens with zero attached hydrogens (tertiary/aromatic N) is 1. The number of aliphatic hydroxyl groups excluding tert-OH is 1. The van der Waals surface area contributed by atoms with E-state index in [0.717, 1.165) is 38.9 Å². The first kappa shape index (κ1) is 13.8. The summed E-state index contributed by atoms with van der Waals surface area (Å²) in [6.45, 7) is 4.99. The zero-order valence-electron chi connectivity index (χ0n) is 11.4. The Kier molecular flexibility index (Phi) is 5.01. The van der Waals surface area contributed by atoms with E-state index in [1.807, 2.05) is 4.90 Å². The van der Waals surface area contributed by atoms with Gasteiger partial charge in [0.1, 0.15) is 0 Å². The number of carbonyl (C=O) groups excluding carboxylic acids is 1. The van der Waals surface area contributed by atoms with Crippen LogP contribution in [0.5, 0.6) is 0 Å². The Bertz CT molecular complexity index is 257. The number of hydrogen-bond donors (Lipinski definition) is 2. The number of nitrogens with one attached hydrogen (secondary N) is 1. The molecule has 18 heavy (non-hydrogen) atoms. The second-order valence-corrected chi connectivity index (χ2v) is 5.78. The van der Waals surface area contributed by atoms with Gasteiger partial charge in [-0.25, -0.2) is 0 Å². The lowest BCUT2D eigenvalue weighted by atomic mass is 9.89. The summed E-state index contributed by atoms with van der Waals surface area (Å²) in [5, 5.41) is 12.6. The second-order valence-electron chi connectivity index (χ2n) is 5.78. The molecule has 0 saturated carbocycles. The van der Waals surface area contributed by atoms with Crippen LogP contribution in [0.1, 0.15) is 39.0 Å². The molecule has 4 heteroatoms. The molecule has 0 bridgehead atoms. The van der Waals surface area contributed by atoms with Gasteiger partial charge in [0.05, 0.1) is 6.04 Å². The molecule has 2 saturated heterocycles. The second kappa shape index (κ2) is 6.53. The van der Waals surface area contributed by atoms with Crippen molar-refractivity contribution in [1.82, 2.24) is 10.2 Å². The molecule has 0 radical (unpaired) electrons. The molecule has 0 spiro atoms. The fourth-order valence-electron chi connectivity index (χ4n) is 3.19. The molecule has 2 aliphatic heterocycles. The van der Waals surface area contributed by atoms with Crippen molar-refractivity contribution in [2.24, 2.45) is 11.8 Å². The lowest BCUT2D eigenvalue weighted by Gasteiger charge is -2.37. The van der Waals surface area contributed by atoms with Gasteiger partial charge in [0, 0.05) is 19.7 Å². The van der Waals surface area contributed by atoms with E-state index >= 15 is 0 Å². The number of rotatable bonds is 3. The summed E-state index contributed by atoms with van der Waals surface area (Å²) in [4.78, 5) is 14.4. The summed E-state index contributed by atoms with van der Waals surface area (Å²) in [6.07, 6.45) is 5.43. The van der Waals surface area contributed by atoms with Crippen molar-refractivity contribution in [3.63, 3.8) is 0 Å². The summed E-state index contributed by atoms with van der Waals surface area (Å²) < 4.78 is 0. The van der Waals surface area contributed by atoms with Gasteiger partial charge in [0.15, 0.2) is 0 Å². The fraction of sp³-hybridized carbons (Fsp3) is 0.929. The topological polar surface area (TPSA) is 52.6 Å². The average Bonchev–Trinajstić information content (AvgIpc) is 2.46. The molecule has 0 aliphatic carbocycles. The van der Waals surface area contributed by atoms with Crippen LogP contribution in [0.15, 0.2) is 0 Å². The zero-order chi connectivity index (χ0) is 13.0. The van der Waals surface area contributed by atoms with Crippen LogP contribution >= 0.6 is 0 Å². The number of aliphatic hydroxyl groups is 1. The van der Waals surface area contributed by atoms with Gasteiger partial charge in [-0.1, -0.05) is 13.3 Å². The van der Waals surface area contributed by atoms with Crippen molar-refractivity contribution in [3.8, 4) is 0 Å². The highest BCUT2D eigenvalue weighted by atomic mass is 16.3. The third-order valence-corrected chi connectivity index (χ3v) is 4.48. The maximum absolute atomic E-state index is 12.5. The standard InChI is InChI=1S/C14H26N2O2/c1-2-11-5-6-15-13(8-11)14(18)16-7-3-4-12(9-16)10-17/h11-13,15,17H,2-10H2,1H3. The highest BCUT2D eigenvalue weighted by Crippen LogP contribution is 2.22. The van der Waals surface area contributed by atoms with Gasteiger partial charge in [0.25, 0.3) is 0 Å². The quantitative estimate of drug-likeness (QED) is 0.790. The predicted molar refractivity (Wildman–Crippen MR) is 71.2 cm³/mol. The normalized spacial score (nSPS) is 33.4. The van der Waals surface area contributed by atoms with Gasteiger partial charge in [-0.05, 0) is 44.1 Å². The summed E-state index contributed by atoms with van der Waals surface area (Å²) in [6, 6.07) is 0.0149. The Hall–Kier alpha value is -0.610. The fourth-order valence-corrected chi connectivity index (χ4v) is 3.19. The molecule has 0 aromatic carbocycles. The van der Waals surface area contributed by atoms with Crippen molar-refractivity contribution in [3.05, 3.63) is 0 Å². The van der Waals surface area contributed by atoms with Crippen molar-refractivity contribution >= 4 is 5.91 Å². The van der Waals surface area contributed by atoms with E-state index in [2.05, 4.69) is 12.2 Å². The van der Waals surface area contributed by atoms with Crippen LogP contribution in [0.2, 0.25) is 0 Å². The summed E-state index contributed by atoms with van der Waals surface area (Å²) in [5.41, 5.74) is 0. The smallest absolute Gasteiger partial charge is 0.239 e. The predicted octanol–water partition coefficient (Wildman–Crippen LogP) is 0.995. The molecule has 2 heterocycles. The molecular weight excluding hydrogens is 228 g/mol. The largest absolute Gasteiger partial charge is 0.396 e. The zero-order valence-corrected chi connectivity index (χ0v) is 11.4. The Labute approximate surface area is 110 Å². The van der Waals surface area contributed by atoms with Gasteiger partial charge in [-0.2, -0.15) is 0 Å². The van der Waals surface area contributed by atoms with E-state index in [9.17, 15) is 9.90 Å². The number of likely N-dealkylation sites (tertiary alicyclic amines) is 1. The lowest BCUT2D eigenvalue weighted by Crippen LogP contribution is -2.52. The van der Waals surface area contributed by atoms with Crippen LogP contribution in [-0.4, -0.2) is 48.2 Å². The van der Waals surface area contributed by atoms with Gasteiger partial charge < -0.3 is 15.3 Å². The minimum absolute atomic E-state index is 0.0149. The Morgan fingerprint density at radius 1 is 1.39 bits per heavy atom. The third kappa shape index (κ3) is 3.23. The van der Waals surface area contributed by atoms with Gasteiger partial charge in [-0.15, -0.1) is 0 Å². The first-order valence-electron chi connectivity index (χ1n) is 7.37. The van der Waals surface area contributed by atoms with E-state index in [1.165, 1.54) is 12.8 Å². The SMILES string of the molecule is CCC1CCNC(C(=O)N2CCCC(CO)C2)C1. The Balaban J connectivity index is 1.89. The van der Waals surface area contributed by atoms with Crippen LogP contribution in [0.3, 0.4) is 0 Å². The number of amides is 1. The van der Waals surface area contributed by atoms with Crippen LogP contribution in [0.4, 0.5) is 0 Å². The van der Waals surface area contributed by atoms with E-state index in [0.29, 0.717) is 5.92 Å². The first-order chi connectivity index (χ1) is 8.74. The average molecular weight is 254 g/mol. The molecule has 2 aliphatic rings. The minimum Gasteiger partial charge on any atom is -0.396 e. The number of hydrogen-bond acceptors (Lipinski definition) is 3. The summed E-state index contributed by atoms with van der Waals surface area (Å²) in [7, 11) is 0. The molecule has 2 fully saturated rings. The van der Waals surface area contributed by atoms with Crippen molar-refractivity contribution in [1.29, 1.82) is 0 Å². The minimum atomic E-state index is 0.0149. The highest BCUT2D eigenvalue weighted by Gasteiger charge is 2.31. The molecule has 3 atom stereocenters. The lowest BCUT2D eigenvalue weighted by molar-refractivity contribution is -0.136. The highest BCUT2D eigenvalue weighted by molar-refractivity contribution is 5.82. The summed E-state index contributed by atoms with van der Waals surface area (Å²) in [5.74, 6) is 1.23. The Morgan fingerprint density at radius 3 is 2.94 bits per heavy atom. The van der Waals surface area contributed by atoms with E-state index in [4.69, 9.17) is 0 Å². The molecule has 0 aromatic heterocycles. The first-order valence-corrected chi connectivity index (χ1v) is 7.37. The number of carbonyl (C=O) groups is 1. The van der Waals surface area contributed by atoms with Crippen molar-refractivity contribution < 1.29 is 9.90 Å². The van der Waals surface area contributed by atoms with Crippen molar-refractivity contribution in [2.75, 3.05) is 26.2 Å². The monoisotopic (exact) mass is 254 g/mol. The van der Waals surface area contributed by atoms with E-state index < -0.39 is 0 Å². The molecule has 0 aromatic rings. The molecule has 3 unspecified atom stereocenters. The van der Waals surface area contributed by atoms with E-state index in [1.54, 1.807) is 0 Å². The van der Waals surface area contributed by atoms with Crippen LogP contribution < -0.4 is 5.32 Å². The van der Waals surface area contributed by atoms with Crippen LogP contribution in [0.25, 0.3) is 0 Å². The maximum Gasteiger partial charge on any atom is 0.239 e. The van der Waals surface area contributed by atoms with Crippen molar-refractivity contribution in [2.45, 2.75) is 45.1 Å². The van der Waals surface area contributed by atoms with E-state index in [-0.39, 0.29) is 24.5 Å². The van der Waals surface area contributed by atoms with Gasteiger partial charge in [-0.3, -0.25) is 4.79 Å². The summed E-state index contributed by atoms with van der Waals surface area (Å²) >= 11 is 0. The molecule has 1 amide bonds. The molecule has 4 nitrogen and oxygen atoms in total. The number of piperidine rings is 2. The molecular formula is C14H26N2O2. The Morgan fingerprint density at radius 2 is 2.22 bits per heavy atom.